The van der Waals surface area contributed by atoms with Gasteiger partial charge in [0.2, 0.25) is 5.95 Å². The molecule has 1 aliphatic rings. The third-order valence-electron chi connectivity index (χ3n) is 6.34. The molecule has 2 aromatic carbocycles. The Balaban J connectivity index is 1.57. The maximum Gasteiger partial charge on any atom is 0.277 e. The van der Waals surface area contributed by atoms with Crippen molar-refractivity contribution < 1.29 is 17.5 Å². The van der Waals surface area contributed by atoms with Crippen LogP contribution in [0.1, 0.15) is 24.8 Å². The number of rotatable bonds is 6. The fourth-order valence-electron chi connectivity index (χ4n) is 4.42. The fourth-order valence-corrected chi connectivity index (χ4v) is 5.05. The summed E-state index contributed by atoms with van der Waals surface area (Å²) in [6.07, 6.45) is 4.49. The molecule has 1 fully saturated rings. The normalized spacial score (nSPS) is 15.2. The van der Waals surface area contributed by atoms with Crippen LogP contribution in [0.2, 0.25) is 0 Å². The molecule has 34 heavy (non-hydrogen) atoms. The summed E-state index contributed by atoms with van der Waals surface area (Å²) in [5, 5.41) is 3.15. The number of nitrogens with one attached hydrogen (secondary N) is 2. The van der Waals surface area contributed by atoms with Gasteiger partial charge in [-0.3, -0.25) is 9.89 Å². The van der Waals surface area contributed by atoms with Crippen molar-refractivity contribution in [2.24, 2.45) is 5.92 Å². The third-order valence-corrected chi connectivity index (χ3v) is 7.47. The number of sulfone groups is 1. The quantitative estimate of drug-likeness (QED) is 0.435. The number of benzene rings is 2. The molecule has 178 valence electrons. The Labute approximate surface area is 195 Å². The van der Waals surface area contributed by atoms with Crippen molar-refractivity contribution in [2.45, 2.75) is 30.6 Å². The molecule has 0 amide bonds. The SMILES string of the molecule is CS(=O)(=O)c1ccc(-c2[nH]n(-c3nc4ccc(F)cc4[nH]3)c(=O)c2CCC2CCOCC2)cc1. The van der Waals surface area contributed by atoms with Gasteiger partial charge >= 0.3 is 0 Å². The van der Waals surface area contributed by atoms with Gasteiger partial charge in [0.15, 0.2) is 9.84 Å². The van der Waals surface area contributed by atoms with Crippen LogP contribution in [0.5, 0.6) is 0 Å². The summed E-state index contributed by atoms with van der Waals surface area (Å²) in [5.41, 5.74) is 2.70. The number of H-pyrrole nitrogens is 2. The maximum absolute atomic E-state index is 13.6. The van der Waals surface area contributed by atoms with Crippen molar-refractivity contribution in [3.05, 3.63) is 64.2 Å². The number of imidazole rings is 1. The van der Waals surface area contributed by atoms with Crippen LogP contribution in [0, 0.1) is 11.7 Å². The van der Waals surface area contributed by atoms with E-state index >= 15 is 0 Å². The summed E-state index contributed by atoms with van der Waals surface area (Å²) in [5.74, 6) is 0.341. The highest BCUT2D eigenvalue weighted by Crippen LogP contribution is 2.27. The number of aromatic nitrogens is 4. The molecule has 0 unspecified atom stereocenters. The molecular formula is C24H25FN4O4S. The minimum absolute atomic E-state index is 0.209. The second-order valence-electron chi connectivity index (χ2n) is 8.72. The topological polar surface area (TPSA) is 110 Å². The summed E-state index contributed by atoms with van der Waals surface area (Å²) < 4.78 is 44.1. The second kappa shape index (κ2) is 8.84. The molecule has 2 N–H and O–H groups in total. The van der Waals surface area contributed by atoms with E-state index in [9.17, 15) is 17.6 Å². The number of fused-ring (bicyclic) bond motifs is 1. The Morgan fingerprint density at radius 1 is 1.15 bits per heavy atom. The molecule has 1 saturated heterocycles. The van der Waals surface area contributed by atoms with E-state index in [-0.39, 0.29) is 16.4 Å². The first kappa shape index (κ1) is 22.5. The number of aromatic amines is 2. The lowest BCUT2D eigenvalue weighted by Crippen LogP contribution is -2.20. The van der Waals surface area contributed by atoms with E-state index in [0.717, 1.165) is 38.7 Å². The molecule has 3 heterocycles. The summed E-state index contributed by atoms with van der Waals surface area (Å²) in [4.78, 5) is 21.1. The zero-order valence-electron chi connectivity index (χ0n) is 18.7. The molecule has 0 atom stereocenters. The van der Waals surface area contributed by atoms with Gasteiger partial charge in [-0.25, -0.2) is 17.8 Å². The molecule has 2 aromatic heterocycles. The average molecular weight is 485 g/mol. The first-order valence-corrected chi connectivity index (χ1v) is 13.1. The molecule has 10 heteroatoms. The zero-order chi connectivity index (χ0) is 23.9. The Morgan fingerprint density at radius 3 is 2.59 bits per heavy atom. The van der Waals surface area contributed by atoms with Crippen LogP contribution in [0.25, 0.3) is 28.2 Å². The van der Waals surface area contributed by atoms with Gasteiger partial charge in [0.1, 0.15) is 5.82 Å². The number of hydrogen-bond donors (Lipinski definition) is 2. The van der Waals surface area contributed by atoms with Crippen LogP contribution in [-0.2, 0) is 21.0 Å². The smallest absolute Gasteiger partial charge is 0.277 e. The van der Waals surface area contributed by atoms with Gasteiger partial charge in [-0.2, -0.15) is 4.68 Å². The predicted molar refractivity (Wildman–Crippen MR) is 126 cm³/mol. The minimum atomic E-state index is -3.34. The lowest BCUT2D eigenvalue weighted by molar-refractivity contribution is 0.0640. The number of ether oxygens (including phenoxy) is 1. The van der Waals surface area contributed by atoms with Crippen molar-refractivity contribution in [1.82, 2.24) is 19.7 Å². The summed E-state index contributed by atoms with van der Waals surface area (Å²) in [6.45, 7) is 1.47. The van der Waals surface area contributed by atoms with Gasteiger partial charge in [0.25, 0.3) is 5.56 Å². The van der Waals surface area contributed by atoms with Crippen LogP contribution < -0.4 is 5.56 Å². The highest BCUT2D eigenvalue weighted by molar-refractivity contribution is 7.90. The van der Waals surface area contributed by atoms with Crippen molar-refractivity contribution in [3.63, 3.8) is 0 Å². The van der Waals surface area contributed by atoms with Crippen molar-refractivity contribution in [1.29, 1.82) is 0 Å². The van der Waals surface area contributed by atoms with Gasteiger partial charge in [-0.1, -0.05) is 12.1 Å². The van der Waals surface area contributed by atoms with Crippen LogP contribution in [-0.4, -0.2) is 47.6 Å². The number of halogens is 1. The van der Waals surface area contributed by atoms with E-state index < -0.39 is 15.7 Å². The van der Waals surface area contributed by atoms with Gasteiger partial charge in [-0.05, 0) is 67.5 Å². The Morgan fingerprint density at radius 2 is 1.88 bits per heavy atom. The van der Waals surface area contributed by atoms with E-state index in [1.54, 1.807) is 18.2 Å². The predicted octanol–water partition coefficient (Wildman–Crippen LogP) is 3.61. The summed E-state index contributed by atoms with van der Waals surface area (Å²) >= 11 is 0. The van der Waals surface area contributed by atoms with Gasteiger partial charge < -0.3 is 9.72 Å². The van der Waals surface area contributed by atoms with Crippen LogP contribution in [0.4, 0.5) is 4.39 Å². The second-order valence-corrected chi connectivity index (χ2v) is 10.7. The minimum Gasteiger partial charge on any atom is -0.381 e. The lowest BCUT2D eigenvalue weighted by Gasteiger charge is -2.21. The molecule has 4 aromatic rings. The van der Waals surface area contributed by atoms with Crippen LogP contribution in [0.3, 0.4) is 0 Å². The van der Waals surface area contributed by atoms with Crippen LogP contribution in [0.15, 0.2) is 52.2 Å². The highest BCUT2D eigenvalue weighted by atomic mass is 32.2. The standard InChI is InChI=1S/C24H25FN4O4S/c1-34(31,32)18-6-3-16(4-7-18)22-19(8-2-15-10-12-33-13-11-15)23(30)29(28-22)24-26-20-9-5-17(25)14-21(20)27-24/h3-7,9,14-15,28H,2,8,10-13H2,1H3,(H,26,27). The van der Waals surface area contributed by atoms with E-state index in [0.29, 0.717) is 40.2 Å². The molecule has 0 bridgehead atoms. The molecular weight excluding hydrogens is 459 g/mol. The van der Waals surface area contributed by atoms with Gasteiger partial charge in [0.05, 0.1) is 21.6 Å². The van der Waals surface area contributed by atoms with E-state index in [1.807, 2.05) is 0 Å². The van der Waals surface area contributed by atoms with Crippen LogP contribution >= 0.6 is 0 Å². The lowest BCUT2D eigenvalue weighted by atomic mass is 9.92. The first-order valence-electron chi connectivity index (χ1n) is 11.2. The monoisotopic (exact) mass is 484 g/mol. The molecule has 0 spiro atoms. The molecule has 0 saturated carbocycles. The maximum atomic E-state index is 13.6. The van der Waals surface area contributed by atoms with E-state index in [2.05, 4.69) is 15.1 Å². The van der Waals surface area contributed by atoms with Crippen molar-refractivity contribution >= 4 is 20.9 Å². The van der Waals surface area contributed by atoms with Gasteiger partial charge in [0, 0.05) is 25.0 Å². The zero-order valence-corrected chi connectivity index (χ0v) is 19.5. The Hall–Kier alpha value is -3.24. The van der Waals surface area contributed by atoms with Crippen molar-refractivity contribution in [2.75, 3.05) is 19.5 Å². The molecule has 0 aliphatic carbocycles. The highest BCUT2D eigenvalue weighted by Gasteiger charge is 2.21. The average Bonchev–Trinajstić information content (AvgIpc) is 3.38. The summed E-state index contributed by atoms with van der Waals surface area (Å²) in [6, 6.07) is 10.7. The largest absolute Gasteiger partial charge is 0.381 e. The van der Waals surface area contributed by atoms with E-state index in [1.165, 1.54) is 28.9 Å². The Bertz CT molecular complexity index is 1500. The summed E-state index contributed by atoms with van der Waals surface area (Å²) in [7, 11) is -3.34. The van der Waals surface area contributed by atoms with E-state index in [4.69, 9.17) is 4.74 Å². The fraction of sp³-hybridized carbons (Fsp3) is 0.333. The molecule has 8 nitrogen and oxygen atoms in total. The first-order chi connectivity index (χ1) is 16.3. The number of nitrogens with zero attached hydrogens (tertiary/aromatic N) is 2. The molecule has 5 rings (SSSR count). The van der Waals surface area contributed by atoms with Crippen molar-refractivity contribution in [3.8, 4) is 17.2 Å². The molecule has 0 radical (unpaired) electrons. The number of hydrogen-bond acceptors (Lipinski definition) is 5. The molecule has 1 aliphatic heterocycles. The Kier molecular flexibility index (Phi) is 5.86. The van der Waals surface area contributed by atoms with Gasteiger partial charge in [-0.15, -0.1) is 0 Å². The third kappa shape index (κ3) is 4.43.